The fourth-order valence-electron chi connectivity index (χ4n) is 3.48. The van der Waals surface area contributed by atoms with Gasteiger partial charge in [0.05, 0.1) is 16.4 Å². The summed E-state index contributed by atoms with van der Waals surface area (Å²) in [5.74, 6) is 12.8. The van der Waals surface area contributed by atoms with Crippen molar-refractivity contribution in [1.29, 1.82) is 0 Å². The van der Waals surface area contributed by atoms with Gasteiger partial charge in [-0.25, -0.2) is 20.8 Å². The van der Waals surface area contributed by atoms with Gasteiger partial charge in [0.2, 0.25) is 5.95 Å². The number of rotatable bonds is 7. The highest BCUT2D eigenvalue weighted by molar-refractivity contribution is 7.09. The van der Waals surface area contributed by atoms with Crippen LogP contribution in [0.15, 0.2) is 40.9 Å². The van der Waals surface area contributed by atoms with Crippen LogP contribution in [-0.4, -0.2) is 34.4 Å². The zero-order chi connectivity index (χ0) is 22.5. The molecule has 1 aromatic carbocycles. The largest absolute Gasteiger partial charge is 0.487 e. The molecule has 0 radical (unpaired) electrons. The molecule has 11 heteroatoms. The third-order valence-electron chi connectivity index (χ3n) is 5.31. The fourth-order valence-corrected chi connectivity index (χ4v) is 4.58. The first-order chi connectivity index (χ1) is 15.5. The van der Waals surface area contributed by atoms with Crippen LogP contribution in [0.25, 0.3) is 0 Å². The molecule has 0 bridgehead atoms. The lowest BCUT2D eigenvalue weighted by Gasteiger charge is -2.31. The van der Waals surface area contributed by atoms with E-state index in [1.807, 2.05) is 31.2 Å². The van der Waals surface area contributed by atoms with E-state index in [9.17, 15) is 0 Å². The van der Waals surface area contributed by atoms with Crippen molar-refractivity contribution >= 4 is 40.9 Å². The number of anilines is 2. The van der Waals surface area contributed by atoms with Gasteiger partial charge in [-0.3, -0.25) is 5.01 Å². The smallest absolute Gasteiger partial charge is 0.226 e. The normalized spacial score (nSPS) is 14.8. The van der Waals surface area contributed by atoms with Gasteiger partial charge in [-0.2, -0.15) is 5.10 Å². The number of thiazole rings is 1. The van der Waals surface area contributed by atoms with Crippen LogP contribution >= 0.6 is 22.9 Å². The van der Waals surface area contributed by atoms with Crippen LogP contribution in [-0.2, 0) is 6.61 Å². The van der Waals surface area contributed by atoms with Crippen LogP contribution in [0.2, 0.25) is 5.15 Å². The maximum absolute atomic E-state index is 6.15. The highest BCUT2D eigenvalue weighted by Gasteiger charge is 2.24. The second-order valence-corrected chi connectivity index (χ2v) is 8.78. The Balaban J connectivity index is 1.29. The molecule has 0 aliphatic carbocycles. The number of hydrogen-bond donors (Lipinski definition) is 2. The van der Waals surface area contributed by atoms with Crippen molar-refractivity contribution in [2.75, 3.05) is 23.0 Å². The molecule has 0 spiro atoms. The van der Waals surface area contributed by atoms with E-state index in [4.69, 9.17) is 33.0 Å². The third-order valence-corrected chi connectivity index (χ3v) is 6.75. The monoisotopic (exact) mass is 472 g/mol. The summed E-state index contributed by atoms with van der Waals surface area (Å²) in [4.78, 5) is 15.8. The summed E-state index contributed by atoms with van der Waals surface area (Å²) in [6.45, 7) is 4.09. The lowest BCUT2D eigenvalue weighted by molar-refractivity contribution is 0.301. The number of aryl methyl sites for hydroxylation is 1. The molecule has 0 saturated carbocycles. The van der Waals surface area contributed by atoms with Crippen LogP contribution in [0.4, 0.5) is 11.6 Å². The number of benzene rings is 1. The van der Waals surface area contributed by atoms with Crippen molar-refractivity contribution in [3.8, 4) is 5.75 Å². The minimum atomic E-state index is 0.418. The SMILES string of the molecule is Cc1cnc(N2CCC(c3nc(COc4ccc(N(N)/C=N\N)cc4)cs3)CC2)nc1Cl. The molecule has 3 heterocycles. The summed E-state index contributed by atoms with van der Waals surface area (Å²) >= 11 is 7.85. The topological polar surface area (TPSA) is 119 Å². The van der Waals surface area contributed by atoms with Crippen LogP contribution in [0, 0.1) is 6.92 Å². The molecule has 0 unspecified atom stereocenters. The van der Waals surface area contributed by atoms with Gasteiger partial charge in [-0.05, 0) is 44.0 Å². The maximum atomic E-state index is 6.15. The number of aromatic nitrogens is 3. The van der Waals surface area contributed by atoms with Crippen molar-refractivity contribution < 1.29 is 4.74 Å². The molecular formula is C21H25ClN8OS. The molecule has 0 atom stereocenters. The van der Waals surface area contributed by atoms with Gasteiger partial charge in [0.15, 0.2) is 0 Å². The van der Waals surface area contributed by atoms with Gasteiger partial charge in [-0.15, -0.1) is 11.3 Å². The molecule has 32 heavy (non-hydrogen) atoms. The van der Waals surface area contributed by atoms with Crippen molar-refractivity contribution in [1.82, 2.24) is 15.0 Å². The number of hydrazone groups is 1. The average molecular weight is 473 g/mol. The summed E-state index contributed by atoms with van der Waals surface area (Å²) < 4.78 is 5.87. The first-order valence-electron chi connectivity index (χ1n) is 10.2. The Labute approximate surface area is 195 Å². The van der Waals surface area contributed by atoms with Crippen LogP contribution < -0.4 is 26.3 Å². The Morgan fingerprint density at radius 1 is 1.28 bits per heavy atom. The van der Waals surface area contributed by atoms with Gasteiger partial charge in [0.25, 0.3) is 0 Å². The van der Waals surface area contributed by atoms with Crippen LogP contribution in [0.5, 0.6) is 5.75 Å². The molecule has 1 saturated heterocycles. The number of halogens is 1. The van der Waals surface area contributed by atoms with Crippen LogP contribution in [0.1, 0.15) is 35.0 Å². The van der Waals surface area contributed by atoms with Crippen LogP contribution in [0.3, 0.4) is 0 Å². The van der Waals surface area contributed by atoms with E-state index in [1.54, 1.807) is 17.5 Å². The molecule has 1 aliphatic rings. The minimum absolute atomic E-state index is 0.418. The number of nitrogens with two attached hydrogens (primary N) is 2. The lowest BCUT2D eigenvalue weighted by Crippen LogP contribution is -2.34. The predicted octanol–water partition coefficient (Wildman–Crippen LogP) is 3.44. The minimum Gasteiger partial charge on any atom is -0.487 e. The summed E-state index contributed by atoms with van der Waals surface area (Å²) in [6.07, 6.45) is 5.12. The Kier molecular flexibility index (Phi) is 7.03. The molecule has 0 amide bonds. The van der Waals surface area contributed by atoms with E-state index in [1.165, 1.54) is 11.3 Å². The summed E-state index contributed by atoms with van der Waals surface area (Å²) in [5.41, 5.74) is 2.58. The highest BCUT2D eigenvalue weighted by atomic mass is 35.5. The maximum Gasteiger partial charge on any atom is 0.226 e. The van der Waals surface area contributed by atoms with Gasteiger partial charge >= 0.3 is 0 Å². The predicted molar refractivity (Wildman–Crippen MR) is 128 cm³/mol. The molecule has 9 nitrogen and oxygen atoms in total. The van der Waals surface area contributed by atoms with Gasteiger partial charge in [0.1, 0.15) is 23.8 Å². The van der Waals surface area contributed by atoms with Crippen molar-refractivity contribution in [3.63, 3.8) is 0 Å². The molecule has 4 rings (SSSR count). The Morgan fingerprint density at radius 2 is 2.03 bits per heavy atom. The molecule has 4 N–H and O–H groups in total. The first kappa shape index (κ1) is 22.3. The number of ether oxygens (including phenoxy) is 1. The standard InChI is InChI=1S/C21H25ClN8OS/c1-14-10-25-21(28-19(14)22)29-8-6-15(7-9-29)20-27-16(12-32-20)11-31-18-4-2-17(3-5-18)30(24)13-26-23/h2-5,10,12-13,15H,6-9,11,23-24H2,1H3/b26-13-. The molecule has 3 aromatic rings. The Bertz CT molecular complexity index is 1070. The third kappa shape index (κ3) is 5.26. The summed E-state index contributed by atoms with van der Waals surface area (Å²) in [5, 5.41) is 8.47. The van der Waals surface area contributed by atoms with Crippen molar-refractivity contribution in [2.45, 2.75) is 32.3 Å². The van der Waals surface area contributed by atoms with E-state index in [0.29, 0.717) is 23.6 Å². The van der Waals surface area contributed by atoms with Gasteiger partial charge in [0, 0.05) is 36.1 Å². The highest BCUT2D eigenvalue weighted by Crippen LogP contribution is 2.32. The zero-order valence-electron chi connectivity index (χ0n) is 17.7. The fraction of sp³-hybridized carbons (Fsp3) is 0.333. The second kappa shape index (κ2) is 10.1. The van der Waals surface area contributed by atoms with E-state index >= 15 is 0 Å². The molecule has 2 aromatic heterocycles. The van der Waals surface area contributed by atoms with E-state index in [-0.39, 0.29) is 0 Å². The summed E-state index contributed by atoms with van der Waals surface area (Å²) in [6, 6.07) is 7.37. The number of hydrogen-bond acceptors (Lipinski definition) is 9. The van der Waals surface area contributed by atoms with Crippen molar-refractivity contribution in [2.24, 2.45) is 16.8 Å². The first-order valence-corrected chi connectivity index (χ1v) is 11.5. The van der Waals surface area contributed by atoms with Gasteiger partial charge < -0.3 is 15.5 Å². The Hall–Kier alpha value is -2.95. The molecule has 1 aliphatic heterocycles. The zero-order valence-corrected chi connectivity index (χ0v) is 19.3. The second-order valence-electron chi connectivity index (χ2n) is 7.54. The number of piperidine rings is 1. The van der Waals surface area contributed by atoms with E-state index < -0.39 is 0 Å². The lowest BCUT2D eigenvalue weighted by atomic mass is 9.98. The van der Waals surface area contributed by atoms with Gasteiger partial charge in [-0.1, -0.05) is 11.6 Å². The number of hydrazine groups is 1. The average Bonchev–Trinajstić information content (AvgIpc) is 3.29. The molecule has 1 fully saturated rings. The van der Waals surface area contributed by atoms with E-state index in [2.05, 4.69) is 25.3 Å². The Morgan fingerprint density at radius 3 is 2.72 bits per heavy atom. The molecule has 168 valence electrons. The van der Waals surface area contributed by atoms with E-state index in [0.717, 1.165) is 53.6 Å². The number of nitrogens with zero attached hydrogens (tertiary/aromatic N) is 6. The summed E-state index contributed by atoms with van der Waals surface area (Å²) in [7, 11) is 0. The quantitative estimate of drug-likeness (QED) is 0.176. The van der Waals surface area contributed by atoms with Crippen molar-refractivity contribution in [3.05, 3.63) is 57.3 Å². The molecular weight excluding hydrogens is 448 g/mol.